The van der Waals surface area contributed by atoms with Crippen LogP contribution in [-0.4, -0.2) is 38.4 Å². The molecule has 0 unspecified atom stereocenters. The second-order valence-electron chi connectivity index (χ2n) is 8.65. The molecule has 1 aliphatic heterocycles. The molecule has 3 heterocycles. The van der Waals surface area contributed by atoms with Gasteiger partial charge in [0.1, 0.15) is 17.2 Å². The standard InChI is InChI=1S/C23H25N5O4S/c29-20(24-15-7-9-16(10-8-15)28(31)32)14-27-19(13-26-11-3-4-12-26)25-22-21(23(27)30)17-5-1-2-6-18(17)33-22/h7-10H,1-6,11-14H2,(H,24,29). The Kier molecular flexibility index (Phi) is 5.94. The van der Waals surface area contributed by atoms with E-state index in [4.69, 9.17) is 4.98 Å². The van der Waals surface area contributed by atoms with Gasteiger partial charge in [0.25, 0.3) is 11.2 Å². The Hall–Kier alpha value is -3.11. The third kappa shape index (κ3) is 4.40. The van der Waals surface area contributed by atoms with Crippen LogP contribution in [0, 0.1) is 10.1 Å². The van der Waals surface area contributed by atoms with Gasteiger partial charge in [-0.1, -0.05) is 0 Å². The zero-order valence-electron chi connectivity index (χ0n) is 18.2. The number of nitrogens with zero attached hydrogens (tertiary/aromatic N) is 4. The van der Waals surface area contributed by atoms with Gasteiger partial charge in [-0.2, -0.15) is 0 Å². The highest BCUT2D eigenvalue weighted by Crippen LogP contribution is 2.34. The first-order chi connectivity index (χ1) is 16.0. The number of benzene rings is 1. The van der Waals surface area contributed by atoms with Crippen molar-refractivity contribution in [1.29, 1.82) is 0 Å². The number of rotatable bonds is 6. The average molecular weight is 468 g/mol. The van der Waals surface area contributed by atoms with Crippen molar-refractivity contribution in [2.45, 2.75) is 51.6 Å². The highest BCUT2D eigenvalue weighted by Gasteiger charge is 2.24. The highest BCUT2D eigenvalue weighted by atomic mass is 32.1. The van der Waals surface area contributed by atoms with E-state index >= 15 is 0 Å². The fraction of sp³-hybridized carbons (Fsp3) is 0.435. The van der Waals surface area contributed by atoms with E-state index in [1.807, 2.05) is 0 Å². The largest absolute Gasteiger partial charge is 0.325 e. The van der Waals surface area contributed by atoms with Crippen molar-refractivity contribution >= 4 is 38.8 Å². The Morgan fingerprint density at radius 1 is 1.12 bits per heavy atom. The number of nitro benzene ring substituents is 1. The van der Waals surface area contributed by atoms with Crippen LogP contribution in [0.2, 0.25) is 0 Å². The van der Waals surface area contributed by atoms with Crippen molar-refractivity contribution in [1.82, 2.24) is 14.5 Å². The lowest BCUT2D eigenvalue weighted by Crippen LogP contribution is -2.33. The average Bonchev–Trinajstić information content (AvgIpc) is 3.44. The minimum atomic E-state index is -0.488. The van der Waals surface area contributed by atoms with Crippen LogP contribution in [0.25, 0.3) is 10.2 Å². The number of carbonyl (C=O) groups excluding carboxylic acids is 1. The van der Waals surface area contributed by atoms with Crippen molar-refractivity contribution in [3.8, 4) is 0 Å². The third-order valence-electron chi connectivity index (χ3n) is 6.38. The molecule has 1 saturated heterocycles. The molecule has 3 aromatic rings. The van der Waals surface area contributed by atoms with Gasteiger partial charge in [-0.05, 0) is 69.3 Å². The number of likely N-dealkylation sites (tertiary alicyclic amines) is 1. The maximum absolute atomic E-state index is 13.6. The van der Waals surface area contributed by atoms with Gasteiger partial charge in [0, 0.05) is 22.7 Å². The molecule has 9 nitrogen and oxygen atoms in total. The number of fused-ring (bicyclic) bond motifs is 3. The molecular weight excluding hydrogens is 442 g/mol. The predicted molar refractivity (Wildman–Crippen MR) is 127 cm³/mol. The first-order valence-corrected chi connectivity index (χ1v) is 12.1. The number of amides is 1. The molecule has 0 radical (unpaired) electrons. The van der Waals surface area contributed by atoms with Crippen LogP contribution in [0.5, 0.6) is 0 Å². The van der Waals surface area contributed by atoms with Crippen molar-refractivity contribution in [2.24, 2.45) is 0 Å². The van der Waals surface area contributed by atoms with Crippen molar-refractivity contribution in [2.75, 3.05) is 18.4 Å². The molecule has 10 heteroatoms. The van der Waals surface area contributed by atoms with E-state index < -0.39 is 4.92 Å². The summed E-state index contributed by atoms with van der Waals surface area (Å²) in [6, 6.07) is 5.65. The van der Waals surface area contributed by atoms with E-state index in [-0.39, 0.29) is 23.7 Å². The van der Waals surface area contributed by atoms with Gasteiger partial charge in [0.05, 0.1) is 16.9 Å². The number of thiophene rings is 1. The molecule has 5 rings (SSSR count). The summed E-state index contributed by atoms with van der Waals surface area (Å²) in [4.78, 5) is 46.0. The number of nitro groups is 1. The van der Waals surface area contributed by atoms with E-state index in [0.29, 0.717) is 23.4 Å². The minimum absolute atomic E-state index is 0.0472. The molecule has 2 aromatic heterocycles. The van der Waals surface area contributed by atoms with Gasteiger partial charge in [0.15, 0.2) is 0 Å². The van der Waals surface area contributed by atoms with Crippen molar-refractivity contribution in [3.05, 3.63) is 61.0 Å². The maximum Gasteiger partial charge on any atom is 0.269 e. The summed E-state index contributed by atoms with van der Waals surface area (Å²) in [6.45, 7) is 2.32. The van der Waals surface area contributed by atoms with Crippen LogP contribution < -0.4 is 10.9 Å². The molecule has 1 amide bonds. The zero-order valence-corrected chi connectivity index (χ0v) is 19.0. The lowest BCUT2D eigenvalue weighted by atomic mass is 9.97. The molecule has 2 aliphatic rings. The van der Waals surface area contributed by atoms with Crippen LogP contribution in [0.3, 0.4) is 0 Å². The summed E-state index contributed by atoms with van der Waals surface area (Å²) >= 11 is 1.62. The van der Waals surface area contributed by atoms with Gasteiger partial charge in [0.2, 0.25) is 5.91 Å². The second kappa shape index (κ2) is 9.03. The SMILES string of the molecule is O=C(Cn1c(CN2CCCC2)nc2sc3c(c2c1=O)CCCC3)Nc1ccc([N+](=O)[O-])cc1. The summed E-state index contributed by atoms with van der Waals surface area (Å²) in [6.07, 6.45) is 6.31. The molecule has 33 heavy (non-hydrogen) atoms. The Bertz CT molecular complexity index is 1270. The van der Waals surface area contributed by atoms with Crippen LogP contribution in [0.1, 0.15) is 41.9 Å². The molecule has 1 aromatic carbocycles. The lowest BCUT2D eigenvalue weighted by molar-refractivity contribution is -0.384. The Morgan fingerprint density at radius 3 is 2.58 bits per heavy atom. The summed E-state index contributed by atoms with van der Waals surface area (Å²) < 4.78 is 1.52. The fourth-order valence-electron chi connectivity index (χ4n) is 4.72. The van der Waals surface area contributed by atoms with E-state index in [2.05, 4.69) is 10.2 Å². The molecule has 1 aliphatic carbocycles. The molecule has 0 bridgehead atoms. The van der Waals surface area contributed by atoms with E-state index in [0.717, 1.165) is 62.0 Å². The van der Waals surface area contributed by atoms with E-state index in [1.54, 1.807) is 11.3 Å². The lowest BCUT2D eigenvalue weighted by Gasteiger charge is -2.18. The van der Waals surface area contributed by atoms with Crippen LogP contribution in [0.15, 0.2) is 29.1 Å². The number of aryl methyl sites for hydroxylation is 2. The van der Waals surface area contributed by atoms with Gasteiger partial charge >= 0.3 is 0 Å². The highest BCUT2D eigenvalue weighted by molar-refractivity contribution is 7.18. The number of nitrogens with one attached hydrogen (secondary N) is 1. The molecule has 172 valence electrons. The monoisotopic (exact) mass is 467 g/mol. The molecular formula is C23H25N5O4S. The quantitative estimate of drug-likeness (QED) is 0.439. The van der Waals surface area contributed by atoms with Crippen LogP contribution >= 0.6 is 11.3 Å². The Balaban J connectivity index is 1.47. The Labute approximate surface area is 194 Å². The van der Waals surface area contributed by atoms with E-state index in [9.17, 15) is 19.7 Å². The minimum Gasteiger partial charge on any atom is -0.325 e. The number of carbonyl (C=O) groups is 1. The van der Waals surface area contributed by atoms with E-state index in [1.165, 1.54) is 33.7 Å². The normalized spacial score (nSPS) is 16.1. The summed E-state index contributed by atoms with van der Waals surface area (Å²) in [7, 11) is 0. The number of hydrogen-bond donors (Lipinski definition) is 1. The Morgan fingerprint density at radius 2 is 1.85 bits per heavy atom. The van der Waals surface area contributed by atoms with Crippen LogP contribution in [0.4, 0.5) is 11.4 Å². The fourth-order valence-corrected chi connectivity index (χ4v) is 5.99. The smallest absolute Gasteiger partial charge is 0.269 e. The maximum atomic E-state index is 13.6. The second-order valence-corrected chi connectivity index (χ2v) is 9.73. The molecule has 0 saturated carbocycles. The summed E-state index contributed by atoms with van der Waals surface area (Å²) in [5.41, 5.74) is 1.36. The van der Waals surface area contributed by atoms with Gasteiger partial charge in [-0.15, -0.1) is 11.3 Å². The topological polar surface area (TPSA) is 110 Å². The van der Waals surface area contributed by atoms with Crippen LogP contribution in [-0.2, 0) is 30.7 Å². The first-order valence-electron chi connectivity index (χ1n) is 11.3. The zero-order chi connectivity index (χ0) is 22.9. The molecule has 0 atom stereocenters. The van der Waals surface area contributed by atoms with Crippen molar-refractivity contribution in [3.63, 3.8) is 0 Å². The number of aromatic nitrogens is 2. The van der Waals surface area contributed by atoms with Gasteiger partial charge < -0.3 is 5.32 Å². The van der Waals surface area contributed by atoms with Gasteiger partial charge in [-0.3, -0.25) is 29.2 Å². The first kappa shape index (κ1) is 21.7. The third-order valence-corrected chi connectivity index (χ3v) is 7.57. The molecule has 1 fully saturated rings. The number of hydrogen-bond acceptors (Lipinski definition) is 7. The molecule has 0 spiro atoms. The van der Waals surface area contributed by atoms with Gasteiger partial charge in [-0.25, -0.2) is 4.98 Å². The molecule has 1 N–H and O–H groups in total. The van der Waals surface area contributed by atoms with Crippen molar-refractivity contribution < 1.29 is 9.72 Å². The number of anilines is 1. The number of non-ortho nitro benzene ring substituents is 1. The summed E-state index contributed by atoms with van der Waals surface area (Å²) in [5, 5.41) is 14.3. The summed E-state index contributed by atoms with van der Waals surface area (Å²) in [5.74, 6) is 0.255. The predicted octanol–water partition coefficient (Wildman–Crippen LogP) is 3.48.